The van der Waals surface area contributed by atoms with Crippen LogP contribution in [0.15, 0.2) is 0 Å². The monoisotopic (exact) mass is 310 g/mol. The highest BCUT2D eigenvalue weighted by molar-refractivity contribution is 5.84. The summed E-state index contributed by atoms with van der Waals surface area (Å²) in [4.78, 5) is 27.6. The molecule has 0 radical (unpaired) electrons. The molecule has 0 aromatic rings. The van der Waals surface area contributed by atoms with E-state index in [4.69, 9.17) is 5.11 Å². The number of likely N-dealkylation sites (N-methyl/N-ethyl adjacent to an activating group) is 1. The first-order valence-corrected chi connectivity index (χ1v) is 8.30. The van der Waals surface area contributed by atoms with Crippen LogP contribution in [0.4, 0.5) is 0 Å². The van der Waals surface area contributed by atoms with Crippen molar-refractivity contribution in [3.8, 4) is 0 Å². The summed E-state index contributed by atoms with van der Waals surface area (Å²) in [6, 6.07) is 0.258. The number of likely N-dealkylation sites (tertiary alicyclic amines) is 1. The molecule has 0 unspecified atom stereocenters. The molecule has 126 valence electrons. The Morgan fingerprint density at radius 2 is 1.73 bits per heavy atom. The van der Waals surface area contributed by atoms with E-state index in [2.05, 4.69) is 27.7 Å². The fourth-order valence-corrected chi connectivity index (χ4v) is 4.08. The molecule has 1 atom stereocenters. The third-order valence-corrected chi connectivity index (χ3v) is 6.28. The molecule has 0 aromatic carbocycles. The van der Waals surface area contributed by atoms with Crippen molar-refractivity contribution in [2.24, 2.45) is 16.7 Å². The Kier molecular flexibility index (Phi) is 4.58. The highest BCUT2D eigenvalue weighted by Crippen LogP contribution is 2.68. The third-order valence-electron chi connectivity index (χ3n) is 6.28. The molecule has 5 nitrogen and oxygen atoms in total. The van der Waals surface area contributed by atoms with Crippen LogP contribution in [-0.2, 0) is 9.59 Å². The molecule has 2 fully saturated rings. The van der Waals surface area contributed by atoms with Crippen LogP contribution >= 0.6 is 0 Å². The lowest BCUT2D eigenvalue weighted by Gasteiger charge is -2.26. The molecule has 0 spiro atoms. The predicted octanol–water partition coefficient (Wildman–Crippen LogP) is 2.07. The molecule has 5 heteroatoms. The highest BCUT2D eigenvalue weighted by atomic mass is 16.4. The number of hydrogen-bond donors (Lipinski definition) is 1. The number of aliphatic carboxylic acids is 1. The van der Waals surface area contributed by atoms with Crippen molar-refractivity contribution in [3.63, 3.8) is 0 Å². The van der Waals surface area contributed by atoms with Gasteiger partial charge in [0.15, 0.2) is 0 Å². The quantitative estimate of drug-likeness (QED) is 0.863. The van der Waals surface area contributed by atoms with Crippen LogP contribution in [0.1, 0.15) is 47.0 Å². The summed E-state index contributed by atoms with van der Waals surface area (Å²) in [5.41, 5.74) is 0.159. The van der Waals surface area contributed by atoms with Crippen molar-refractivity contribution in [1.29, 1.82) is 0 Å². The van der Waals surface area contributed by atoms with E-state index >= 15 is 0 Å². The van der Waals surface area contributed by atoms with Gasteiger partial charge in [0.25, 0.3) is 0 Å². The second-order valence-electron chi connectivity index (χ2n) is 8.10. The van der Waals surface area contributed by atoms with Crippen molar-refractivity contribution in [2.45, 2.75) is 53.0 Å². The first kappa shape index (κ1) is 17.3. The Morgan fingerprint density at radius 3 is 2.23 bits per heavy atom. The summed E-state index contributed by atoms with van der Waals surface area (Å²) in [5, 5.41) is 8.92. The van der Waals surface area contributed by atoms with Crippen LogP contribution in [0, 0.1) is 16.7 Å². The summed E-state index contributed by atoms with van der Waals surface area (Å²) in [5.74, 6) is -0.383. The second kappa shape index (κ2) is 5.84. The van der Waals surface area contributed by atoms with Crippen LogP contribution in [0.25, 0.3) is 0 Å². The minimum atomic E-state index is -0.791. The van der Waals surface area contributed by atoms with E-state index in [-0.39, 0.29) is 35.2 Å². The van der Waals surface area contributed by atoms with Crippen molar-refractivity contribution in [2.75, 3.05) is 26.7 Å². The van der Waals surface area contributed by atoms with Gasteiger partial charge < -0.3 is 10.0 Å². The van der Waals surface area contributed by atoms with Gasteiger partial charge in [-0.2, -0.15) is 0 Å². The smallest absolute Gasteiger partial charge is 0.317 e. The first-order valence-electron chi connectivity index (χ1n) is 8.30. The molecular formula is C17H30N2O3. The molecular weight excluding hydrogens is 280 g/mol. The maximum absolute atomic E-state index is 12.8. The maximum Gasteiger partial charge on any atom is 0.317 e. The Bertz CT molecular complexity index is 445. The van der Waals surface area contributed by atoms with Crippen molar-refractivity contribution in [3.05, 3.63) is 0 Å². The van der Waals surface area contributed by atoms with Gasteiger partial charge in [-0.1, -0.05) is 27.7 Å². The fourth-order valence-electron chi connectivity index (χ4n) is 4.08. The summed E-state index contributed by atoms with van der Waals surface area (Å²) >= 11 is 0. The van der Waals surface area contributed by atoms with Crippen molar-refractivity contribution >= 4 is 11.9 Å². The van der Waals surface area contributed by atoms with Crippen LogP contribution in [0.5, 0.6) is 0 Å². The molecule has 0 aromatic heterocycles. The van der Waals surface area contributed by atoms with E-state index < -0.39 is 5.97 Å². The molecule has 1 saturated carbocycles. The van der Waals surface area contributed by atoms with Crippen molar-refractivity contribution in [1.82, 2.24) is 9.80 Å². The number of carbonyl (C=O) groups is 2. The Morgan fingerprint density at radius 1 is 1.14 bits per heavy atom. The molecule has 1 aliphatic heterocycles. The zero-order valence-corrected chi connectivity index (χ0v) is 14.6. The molecule has 22 heavy (non-hydrogen) atoms. The molecule has 1 heterocycles. The molecule has 2 rings (SSSR count). The number of hydrogen-bond acceptors (Lipinski definition) is 3. The summed E-state index contributed by atoms with van der Waals surface area (Å²) in [7, 11) is 1.86. The normalized spacial score (nSPS) is 27.5. The largest absolute Gasteiger partial charge is 0.480 e. The van der Waals surface area contributed by atoms with Crippen LogP contribution in [0.3, 0.4) is 0 Å². The second-order valence-corrected chi connectivity index (χ2v) is 8.10. The first-order chi connectivity index (χ1) is 10.1. The number of carboxylic acid groups (broad SMARTS) is 1. The number of nitrogens with zero attached hydrogens (tertiary/aromatic N) is 2. The minimum Gasteiger partial charge on any atom is -0.480 e. The average Bonchev–Trinajstić information content (AvgIpc) is 2.92. The van der Waals surface area contributed by atoms with E-state index in [0.29, 0.717) is 0 Å². The zero-order chi connectivity index (χ0) is 16.7. The van der Waals surface area contributed by atoms with E-state index in [1.54, 1.807) is 0 Å². The number of carboxylic acids is 1. The van der Waals surface area contributed by atoms with Crippen LogP contribution in [-0.4, -0.2) is 59.5 Å². The lowest BCUT2D eigenvalue weighted by molar-refractivity contribution is -0.139. The summed E-state index contributed by atoms with van der Waals surface area (Å²) in [6.07, 6.45) is 2.78. The number of carbonyl (C=O) groups excluding carboxylic acids is 1. The highest BCUT2D eigenvalue weighted by Gasteiger charge is 2.68. The maximum atomic E-state index is 12.8. The fraction of sp³-hybridized carbons (Fsp3) is 0.882. The lowest BCUT2D eigenvalue weighted by atomic mass is 10.0. The van der Waals surface area contributed by atoms with E-state index in [9.17, 15) is 9.59 Å². The van der Waals surface area contributed by atoms with Crippen molar-refractivity contribution < 1.29 is 14.7 Å². The molecule has 1 amide bonds. The third kappa shape index (κ3) is 3.00. The lowest BCUT2D eigenvalue weighted by Crippen LogP contribution is -2.38. The van der Waals surface area contributed by atoms with Gasteiger partial charge in [0.1, 0.15) is 0 Å². The number of amides is 1. The van der Waals surface area contributed by atoms with Gasteiger partial charge in [0.05, 0.1) is 6.54 Å². The Labute approximate surface area is 133 Å². The van der Waals surface area contributed by atoms with Crippen LogP contribution < -0.4 is 0 Å². The number of rotatable bonds is 4. The minimum absolute atomic E-state index is 0.0707. The van der Waals surface area contributed by atoms with Gasteiger partial charge in [-0.25, -0.2) is 0 Å². The molecule has 2 aliphatic rings. The van der Waals surface area contributed by atoms with Gasteiger partial charge in [0, 0.05) is 25.0 Å². The average molecular weight is 310 g/mol. The van der Waals surface area contributed by atoms with Gasteiger partial charge in [0.2, 0.25) is 5.91 Å². The molecule has 1 aliphatic carbocycles. The van der Waals surface area contributed by atoms with Gasteiger partial charge in [-0.3, -0.25) is 14.5 Å². The van der Waals surface area contributed by atoms with E-state index in [1.807, 2.05) is 16.8 Å². The Hall–Kier alpha value is -1.10. The van der Waals surface area contributed by atoms with Crippen LogP contribution in [0.2, 0.25) is 0 Å². The van der Waals surface area contributed by atoms with Gasteiger partial charge in [-0.15, -0.1) is 0 Å². The Balaban J connectivity index is 1.94. The van der Waals surface area contributed by atoms with E-state index in [1.165, 1.54) is 0 Å². The summed E-state index contributed by atoms with van der Waals surface area (Å²) < 4.78 is 0. The van der Waals surface area contributed by atoms with Gasteiger partial charge >= 0.3 is 5.97 Å². The predicted molar refractivity (Wildman–Crippen MR) is 85.5 cm³/mol. The standard InChI is InChI=1S/C17H30N2O3/c1-16(2)14(17(16,3)4)15(22)19-9-6-7-12(8-10-19)18(5)11-13(20)21/h12,14H,6-11H2,1-5H3,(H,20,21)/t12-/m0/s1. The topological polar surface area (TPSA) is 60.9 Å². The van der Waals surface area contributed by atoms with Gasteiger partial charge in [-0.05, 0) is 37.1 Å². The zero-order valence-electron chi connectivity index (χ0n) is 14.6. The SMILES string of the molecule is CN(CC(=O)O)[C@H]1CCCN(C(=O)C2C(C)(C)C2(C)C)CC1. The molecule has 0 bridgehead atoms. The molecule has 1 saturated heterocycles. The summed E-state index contributed by atoms with van der Waals surface area (Å²) in [6.45, 7) is 10.3. The van der Waals surface area contributed by atoms with E-state index in [0.717, 1.165) is 32.4 Å². The molecule has 1 N–H and O–H groups in total.